The Labute approximate surface area is 108 Å². The largest absolute Gasteiger partial charge is 0.374 e. The van der Waals surface area contributed by atoms with E-state index in [-0.39, 0.29) is 12.0 Å². The number of carbonyl (C=O) groups excluding carboxylic acids is 1. The Morgan fingerprint density at radius 3 is 3.17 bits per heavy atom. The van der Waals surface area contributed by atoms with Crippen molar-refractivity contribution < 1.29 is 9.53 Å². The van der Waals surface area contributed by atoms with Crippen LogP contribution >= 0.6 is 0 Å². The number of amides is 1. The molecule has 1 saturated heterocycles. The number of carbonyl (C=O) groups is 1. The topological polar surface area (TPSA) is 46.5 Å². The molecule has 0 radical (unpaired) electrons. The first-order valence-electron chi connectivity index (χ1n) is 6.45. The molecular weight excluding hydrogens is 230 g/mol. The molecule has 0 aliphatic carbocycles. The van der Waals surface area contributed by atoms with Crippen LogP contribution in [-0.2, 0) is 11.3 Å². The first-order chi connectivity index (χ1) is 8.72. The van der Waals surface area contributed by atoms with Crippen LogP contribution in [0.3, 0.4) is 0 Å². The zero-order valence-electron chi connectivity index (χ0n) is 11.1. The standard InChI is InChI=1S/C13H21N3O2/c1-3-16-7-4-5-12(16)13(17)15(2)10-11-9-14-6-8-18-11/h4-5,7,11,14H,3,6,8-10H2,1-2H3. The highest BCUT2D eigenvalue weighted by atomic mass is 16.5. The van der Waals surface area contributed by atoms with E-state index in [0.717, 1.165) is 31.9 Å². The Morgan fingerprint density at radius 2 is 2.50 bits per heavy atom. The lowest BCUT2D eigenvalue weighted by atomic mass is 10.2. The van der Waals surface area contributed by atoms with Crippen molar-refractivity contribution in [1.82, 2.24) is 14.8 Å². The minimum Gasteiger partial charge on any atom is -0.374 e. The quantitative estimate of drug-likeness (QED) is 0.851. The van der Waals surface area contributed by atoms with Crippen molar-refractivity contribution in [2.24, 2.45) is 0 Å². The summed E-state index contributed by atoms with van der Waals surface area (Å²) in [5.74, 6) is 0.0519. The highest BCUT2D eigenvalue weighted by Gasteiger charge is 2.20. The average molecular weight is 251 g/mol. The molecule has 5 heteroatoms. The molecule has 0 spiro atoms. The van der Waals surface area contributed by atoms with E-state index in [0.29, 0.717) is 6.54 Å². The summed E-state index contributed by atoms with van der Waals surface area (Å²) in [4.78, 5) is 14.0. The summed E-state index contributed by atoms with van der Waals surface area (Å²) in [6.45, 7) is 5.90. The van der Waals surface area contributed by atoms with Gasteiger partial charge in [-0.25, -0.2) is 0 Å². The van der Waals surface area contributed by atoms with E-state index in [1.54, 1.807) is 4.90 Å². The highest BCUT2D eigenvalue weighted by Crippen LogP contribution is 2.07. The van der Waals surface area contributed by atoms with Gasteiger partial charge in [0, 0.05) is 39.4 Å². The normalized spacial score (nSPS) is 19.8. The maximum atomic E-state index is 12.3. The summed E-state index contributed by atoms with van der Waals surface area (Å²) in [5, 5.41) is 3.27. The summed E-state index contributed by atoms with van der Waals surface area (Å²) in [7, 11) is 1.83. The van der Waals surface area contributed by atoms with E-state index in [1.807, 2.05) is 36.9 Å². The van der Waals surface area contributed by atoms with Crippen molar-refractivity contribution >= 4 is 5.91 Å². The molecule has 1 N–H and O–H groups in total. The molecule has 1 atom stereocenters. The number of aromatic nitrogens is 1. The predicted molar refractivity (Wildman–Crippen MR) is 69.7 cm³/mol. The van der Waals surface area contributed by atoms with Gasteiger partial charge in [0.05, 0.1) is 12.7 Å². The fourth-order valence-corrected chi connectivity index (χ4v) is 2.20. The van der Waals surface area contributed by atoms with Crippen molar-refractivity contribution in [2.75, 3.05) is 33.3 Å². The smallest absolute Gasteiger partial charge is 0.270 e. The van der Waals surface area contributed by atoms with E-state index in [4.69, 9.17) is 4.74 Å². The number of nitrogens with zero attached hydrogens (tertiary/aromatic N) is 2. The number of nitrogens with one attached hydrogen (secondary N) is 1. The van der Waals surface area contributed by atoms with Crippen LogP contribution in [-0.4, -0.2) is 54.8 Å². The molecule has 100 valence electrons. The molecule has 1 fully saturated rings. The monoisotopic (exact) mass is 251 g/mol. The molecule has 0 bridgehead atoms. The highest BCUT2D eigenvalue weighted by molar-refractivity contribution is 5.92. The maximum absolute atomic E-state index is 12.3. The minimum absolute atomic E-state index is 0.0519. The lowest BCUT2D eigenvalue weighted by molar-refractivity contribution is 0.0101. The molecule has 2 rings (SSSR count). The number of likely N-dealkylation sites (N-methyl/N-ethyl adjacent to an activating group) is 1. The SMILES string of the molecule is CCn1cccc1C(=O)N(C)CC1CNCCO1. The van der Waals surface area contributed by atoms with Crippen LogP contribution in [0.4, 0.5) is 0 Å². The Balaban J connectivity index is 1.95. The fourth-order valence-electron chi connectivity index (χ4n) is 2.20. The van der Waals surface area contributed by atoms with Gasteiger partial charge in [0.2, 0.25) is 0 Å². The van der Waals surface area contributed by atoms with Crippen LogP contribution in [0.1, 0.15) is 17.4 Å². The van der Waals surface area contributed by atoms with E-state index >= 15 is 0 Å². The van der Waals surface area contributed by atoms with Crippen molar-refractivity contribution in [1.29, 1.82) is 0 Å². The molecule has 5 nitrogen and oxygen atoms in total. The van der Waals surface area contributed by atoms with Gasteiger partial charge in [0.15, 0.2) is 0 Å². The Bertz CT molecular complexity index is 397. The van der Waals surface area contributed by atoms with Crippen LogP contribution in [0.15, 0.2) is 18.3 Å². The van der Waals surface area contributed by atoms with Crippen molar-refractivity contribution in [3.63, 3.8) is 0 Å². The second kappa shape index (κ2) is 6.02. The second-order valence-electron chi connectivity index (χ2n) is 4.56. The van der Waals surface area contributed by atoms with Gasteiger partial charge < -0.3 is 19.5 Å². The second-order valence-corrected chi connectivity index (χ2v) is 4.56. The van der Waals surface area contributed by atoms with Gasteiger partial charge >= 0.3 is 0 Å². The summed E-state index contributed by atoms with van der Waals surface area (Å²) in [5.41, 5.74) is 0.740. The molecule has 1 aromatic heterocycles. The fraction of sp³-hybridized carbons (Fsp3) is 0.615. The minimum atomic E-state index is 0.0519. The molecule has 1 aliphatic heterocycles. The van der Waals surface area contributed by atoms with Gasteiger partial charge in [0.1, 0.15) is 5.69 Å². The molecule has 2 heterocycles. The zero-order valence-corrected chi connectivity index (χ0v) is 11.1. The number of morpholine rings is 1. The van der Waals surface area contributed by atoms with E-state index in [9.17, 15) is 4.79 Å². The number of aryl methyl sites for hydroxylation is 1. The lowest BCUT2D eigenvalue weighted by Gasteiger charge is -2.28. The van der Waals surface area contributed by atoms with Gasteiger partial charge in [-0.2, -0.15) is 0 Å². The molecule has 1 aromatic rings. The summed E-state index contributed by atoms with van der Waals surface area (Å²) < 4.78 is 7.57. The van der Waals surface area contributed by atoms with Crippen LogP contribution < -0.4 is 5.32 Å². The van der Waals surface area contributed by atoms with Crippen LogP contribution in [0.2, 0.25) is 0 Å². The molecular formula is C13H21N3O2. The Hall–Kier alpha value is -1.33. The third-order valence-electron chi connectivity index (χ3n) is 3.22. The molecule has 18 heavy (non-hydrogen) atoms. The van der Waals surface area contributed by atoms with Crippen LogP contribution in [0.5, 0.6) is 0 Å². The average Bonchev–Trinajstić information content (AvgIpc) is 2.87. The third kappa shape index (κ3) is 2.91. The summed E-state index contributed by atoms with van der Waals surface area (Å²) in [6, 6.07) is 3.77. The Morgan fingerprint density at radius 1 is 1.67 bits per heavy atom. The first kappa shape index (κ1) is 13.1. The van der Waals surface area contributed by atoms with E-state index in [2.05, 4.69) is 5.32 Å². The lowest BCUT2D eigenvalue weighted by Crippen LogP contribution is -2.46. The van der Waals surface area contributed by atoms with E-state index < -0.39 is 0 Å². The molecule has 1 aliphatic rings. The van der Waals surface area contributed by atoms with Gasteiger partial charge in [-0.1, -0.05) is 0 Å². The molecule has 0 saturated carbocycles. The van der Waals surface area contributed by atoms with Gasteiger partial charge in [-0.3, -0.25) is 4.79 Å². The Kier molecular flexibility index (Phi) is 4.38. The number of rotatable bonds is 4. The molecule has 0 aromatic carbocycles. The van der Waals surface area contributed by atoms with Crippen LogP contribution in [0, 0.1) is 0 Å². The maximum Gasteiger partial charge on any atom is 0.270 e. The predicted octanol–water partition coefficient (Wildman–Crippen LogP) is 0.568. The number of ether oxygens (including phenoxy) is 1. The number of hydrogen-bond donors (Lipinski definition) is 1. The van der Waals surface area contributed by atoms with Gasteiger partial charge in [0.25, 0.3) is 5.91 Å². The zero-order chi connectivity index (χ0) is 13.0. The van der Waals surface area contributed by atoms with Gasteiger partial charge in [-0.15, -0.1) is 0 Å². The third-order valence-corrected chi connectivity index (χ3v) is 3.22. The number of hydrogen-bond acceptors (Lipinski definition) is 3. The van der Waals surface area contributed by atoms with Crippen molar-refractivity contribution in [3.05, 3.63) is 24.0 Å². The van der Waals surface area contributed by atoms with Gasteiger partial charge in [-0.05, 0) is 19.1 Å². The van der Waals surface area contributed by atoms with Crippen molar-refractivity contribution in [2.45, 2.75) is 19.6 Å². The van der Waals surface area contributed by atoms with Crippen LogP contribution in [0.25, 0.3) is 0 Å². The first-order valence-corrected chi connectivity index (χ1v) is 6.45. The molecule has 1 amide bonds. The summed E-state index contributed by atoms with van der Waals surface area (Å²) >= 11 is 0. The van der Waals surface area contributed by atoms with Crippen molar-refractivity contribution in [3.8, 4) is 0 Å². The van der Waals surface area contributed by atoms with E-state index in [1.165, 1.54) is 0 Å². The molecule has 1 unspecified atom stereocenters. The summed E-state index contributed by atoms with van der Waals surface area (Å²) in [6.07, 6.45) is 2.03.